The molecule has 0 aromatic heterocycles. The molecule has 8 heteroatoms. The van der Waals surface area contributed by atoms with Gasteiger partial charge in [-0.2, -0.15) is 0 Å². The summed E-state index contributed by atoms with van der Waals surface area (Å²) in [4.78, 5) is 20.5. The van der Waals surface area contributed by atoms with Crippen molar-refractivity contribution in [2.75, 3.05) is 20.8 Å². The van der Waals surface area contributed by atoms with Gasteiger partial charge >= 0.3 is 12.2 Å². The van der Waals surface area contributed by atoms with Gasteiger partial charge in [0, 0.05) is 14.2 Å². The lowest BCUT2D eigenvalue weighted by Gasteiger charge is -2.11. The van der Waals surface area contributed by atoms with Crippen molar-refractivity contribution >= 4 is 12.2 Å². The molecule has 2 amide bonds. The first-order chi connectivity index (χ1) is 6.60. The van der Waals surface area contributed by atoms with Crippen LogP contribution in [0.15, 0.2) is 10.2 Å². The maximum atomic E-state index is 10.6. The molecule has 0 heterocycles. The second-order valence-electron chi connectivity index (χ2n) is 1.96. The van der Waals surface area contributed by atoms with Crippen molar-refractivity contribution in [2.24, 2.45) is 10.2 Å². The van der Waals surface area contributed by atoms with Crippen LogP contribution < -0.4 is 0 Å². The van der Waals surface area contributed by atoms with Crippen LogP contribution in [0.4, 0.5) is 9.59 Å². The maximum Gasteiger partial charge on any atom is 0.452 e. The average molecular weight is 206 g/mol. The largest absolute Gasteiger partial charge is 0.462 e. The topological polar surface area (TPSA) is 107 Å². The second kappa shape index (κ2) is 6.92. The highest BCUT2D eigenvalue weighted by molar-refractivity contribution is 5.71. The molecule has 0 rings (SSSR count). The Morgan fingerprint density at radius 2 is 1.86 bits per heavy atom. The molecule has 0 aromatic rings. The maximum absolute atomic E-state index is 10.6. The van der Waals surface area contributed by atoms with Gasteiger partial charge in [0.1, 0.15) is 6.61 Å². The summed E-state index contributed by atoms with van der Waals surface area (Å²) in [5.74, 6) is 0. The number of carboxylic acid groups (broad SMARTS) is 1. The molecule has 80 valence electrons. The third-order valence-electron chi connectivity index (χ3n) is 1.09. The molecule has 0 radical (unpaired) electrons. The van der Waals surface area contributed by atoms with Gasteiger partial charge in [-0.1, -0.05) is 10.2 Å². The summed E-state index contributed by atoms with van der Waals surface area (Å²) >= 11 is 0. The number of ether oxygens (including phenoxy) is 3. The molecule has 0 aliphatic carbocycles. The van der Waals surface area contributed by atoms with Crippen LogP contribution in [0.5, 0.6) is 0 Å². The summed E-state index contributed by atoms with van der Waals surface area (Å²) in [5, 5.41) is 13.3. The molecule has 0 unspecified atom stereocenters. The van der Waals surface area contributed by atoms with E-state index >= 15 is 0 Å². The predicted molar refractivity (Wildman–Crippen MR) is 42.0 cm³/mol. The summed E-state index contributed by atoms with van der Waals surface area (Å²) in [6.45, 7) is -0.190. The number of carbonyl (C=O) groups excluding carboxylic acids is 1. The third-order valence-corrected chi connectivity index (χ3v) is 1.09. The van der Waals surface area contributed by atoms with Crippen molar-refractivity contribution in [2.45, 2.75) is 6.29 Å². The minimum atomic E-state index is -1.57. The van der Waals surface area contributed by atoms with Crippen LogP contribution in [0.1, 0.15) is 0 Å². The van der Waals surface area contributed by atoms with Crippen LogP contribution in [0.25, 0.3) is 0 Å². The minimum absolute atomic E-state index is 0.190. The van der Waals surface area contributed by atoms with Crippen molar-refractivity contribution in [3.8, 4) is 0 Å². The van der Waals surface area contributed by atoms with Crippen LogP contribution in [0.3, 0.4) is 0 Å². The van der Waals surface area contributed by atoms with E-state index in [1.54, 1.807) is 0 Å². The lowest BCUT2D eigenvalue weighted by Crippen LogP contribution is -2.21. The van der Waals surface area contributed by atoms with Gasteiger partial charge in [0.15, 0.2) is 6.29 Å². The zero-order valence-corrected chi connectivity index (χ0v) is 7.67. The van der Waals surface area contributed by atoms with E-state index in [-0.39, 0.29) is 6.61 Å². The standard InChI is InChI=1S/C6H10N2O6/c1-12-4(13-2)3-14-6(11)8-7-5(9)10/h4H,3H2,1-2H3,(H,9,10). The van der Waals surface area contributed by atoms with E-state index in [9.17, 15) is 9.59 Å². The summed E-state index contributed by atoms with van der Waals surface area (Å²) in [7, 11) is 2.72. The van der Waals surface area contributed by atoms with Gasteiger partial charge < -0.3 is 19.3 Å². The molecule has 0 spiro atoms. The molecule has 14 heavy (non-hydrogen) atoms. The van der Waals surface area contributed by atoms with E-state index in [1.165, 1.54) is 14.2 Å². The van der Waals surface area contributed by atoms with Gasteiger partial charge in [-0.3, -0.25) is 0 Å². The van der Waals surface area contributed by atoms with Crippen molar-refractivity contribution in [3.05, 3.63) is 0 Å². The highest BCUT2D eigenvalue weighted by Crippen LogP contribution is 1.94. The van der Waals surface area contributed by atoms with E-state index in [0.29, 0.717) is 0 Å². The molecular formula is C6H10N2O6. The van der Waals surface area contributed by atoms with E-state index in [1.807, 2.05) is 0 Å². The zero-order valence-electron chi connectivity index (χ0n) is 7.67. The molecule has 0 fully saturated rings. The van der Waals surface area contributed by atoms with Crippen molar-refractivity contribution < 1.29 is 28.9 Å². The summed E-state index contributed by atoms with van der Waals surface area (Å²) in [6.07, 6.45) is -3.40. The van der Waals surface area contributed by atoms with Gasteiger partial charge in [0.25, 0.3) is 0 Å². The summed E-state index contributed by atoms with van der Waals surface area (Å²) < 4.78 is 13.8. The smallest absolute Gasteiger partial charge is 0.452 e. The highest BCUT2D eigenvalue weighted by Gasteiger charge is 2.09. The monoisotopic (exact) mass is 206 g/mol. The Hall–Kier alpha value is -1.54. The first kappa shape index (κ1) is 12.5. The molecule has 8 nitrogen and oxygen atoms in total. The van der Waals surface area contributed by atoms with Crippen molar-refractivity contribution in [1.82, 2.24) is 0 Å². The molecule has 0 saturated carbocycles. The van der Waals surface area contributed by atoms with Crippen LogP contribution in [-0.4, -0.2) is 44.4 Å². The molecule has 1 N–H and O–H groups in total. The Morgan fingerprint density at radius 3 is 2.29 bits per heavy atom. The fraction of sp³-hybridized carbons (Fsp3) is 0.667. The molecule has 0 aliphatic rings. The fourth-order valence-electron chi connectivity index (χ4n) is 0.484. The fourth-order valence-corrected chi connectivity index (χ4v) is 0.484. The molecule has 0 atom stereocenters. The SMILES string of the molecule is COC(COC(=O)N=NC(=O)O)OC. The molecule has 0 aromatic carbocycles. The highest BCUT2D eigenvalue weighted by atomic mass is 16.7. The third kappa shape index (κ3) is 6.03. The number of methoxy groups -OCH3 is 2. The Morgan fingerprint density at radius 1 is 1.29 bits per heavy atom. The number of azo groups is 1. The summed E-state index contributed by atoms with van der Waals surface area (Å²) in [5.41, 5.74) is 0. The van der Waals surface area contributed by atoms with Gasteiger partial charge in [0.05, 0.1) is 0 Å². The molecule has 0 aliphatic heterocycles. The summed E-state index contributed by atoms with van der Waals surface area (Å²) in [6, 6.07) is 0. The second-order valence-corrected chi connectivity index (χ2v) is 1.96. The number of hydrogen-bond donors (Lipinski definition) is 1. The number of nitrogens with zero attached hydrogens (tertiary/aromatic N) is 2. The Balaban J connectivity index is 3.78. The van der Waals surface area contributed by atoms with Gasteiger partial charge in [0.2, 0.25) is 0 Å². The average Bonchev–Trinajstić information content (AvgIpc) is 2.16. The van der Waals surface area contributed by atoms with Gasteiger partial charge in [-0.05, 0) is 0 Å². The molecular weight excluding hydrogens is 196 g/mol. The van der Waals surface area contributed by atoms with E-state index in [4.69, 9.17) is 5.11 Å². The van der Waals surface area contributed by atoms with Crippen LogP contribution in [0, 0.1) is 0 Å². The van der Waals surface area contributed by atoms with E-state index in [2.05, 4.69) is 24.4 Å². The van der Waals surface area contributed by atoms with Crippen molar-refractivity contribution in [3.63, 3.8) is 0 Å². The van der Waals surface area contributed by atoms with Crippen LogP contribution in [0.2, 0.25) is 0 Å². The minimum Gasteiger partial charge on any atom is -0.462 e. The van der Waals surface area contributed by atoms with E-state index in [0.717, 1.165) is 0 Å². The zero-order chi connectivity index (χ0) is 11.0. The predicted octanol–water partition coefficient (Wildman–Crippen LogP) is 0.872. The van der Waals surface area contributed by atoms with E-state index < -0.39 is 18.5 Å². The Labute approximate surface area is 79.5 Å². The number of amides is 2. The Kier molecular flexibility index (Phi) is 6.16. The molecule has 0 bridgehead atoms. The first-order valence-corrected chi connectivity index (χ1v) is 3.47. The van der Waals surface area contributed by atoms with Crippen LogP contribution >= 0.6 is 0 Å². The number of carbonyl (C=O) groups is 2. The Bertz CT molecular complexity index is 224. The lowest BCUT2D eigenvalue weighted by atomic mass is 10.7. The quantitative estimate of drug-likeness (QED) is 0.540. The number of hydrogen-bond acceptors (Lipinski definition) is 5. The van der Waals surface area contributed by atoms with Gasteiger partial charge in [-0.25, -0.2) is 9.59 Å². The van der Waals surface area contributed by atoms with Crippen molar-refractivity contribution in [1.29, 1.82) is 0 Å². The van der Waals surface area contributed by atoms with Gasteiger partial charge in [-0.15, -0.1) is 0 Å². The normalized spacial score (nSPS) is 10.8. The first-order valence-electron chi connectivity index (χ1n) is 3.47. The molecule has 0 saturated heterocycles. The van der Waals surface area contributed by atoms with Crippen LogP contribution in [-0.2, 0) is 14.2 Å². The number of rotatable bonds is 4. The lowest BCUT2D eigenvalue weighted by molar-refractivity contribution is -0.127.